The lowest BCUT2D eigenvalue weighted by Gasteiger charge is -2.10. The Morgan fingerprint density at radius 3 is 2.78 bits per heavy atom. The minimum absolute atomic E-state index is 0.0786. The van der Waals surface area contributed by atoms with Gasteiger partial charge in [-0.05, 0) is 18.2 Å². The van der Waals surface area contributed by atoms with Crippen molar-refractivity contribution in [2.24, 2.45) is 0 Å². The van der Waals surface area contributed by atoms with E-state index in [1.807, 2.05) is 14.1 Å². The zero-order valence-corrected chi connectivity index (χ0v) is 15.0. The molecule has 0 radical (unpaired) electrons. The van der Waals surface area contributed by atoms with Gasteiger partial charge in [-0.2, -0.15) is 5.10 Å². The van der Waals surface area contributed by atoms with Crippen molar-refractivity contribution in [2.75, 3.05) is 27.2 Å². The normalized spacial score (nSPS) is 10.9. The number of carbonyl (C=O) groups is 1. The Labute approximate surface area is 155 Å². The van der Waals surface area contributed by atoms with Crippen LogP contribution >= 0.6 is 0 Å². The van der Waals surface area contributed by atoms with Gasteiger partial charge in [0.1, 0.15) is 11.4 Å². The summed E-state index contributed by atoms with van der Waals surface area (Å²) >= 11 is 0. The third-order valence-electron chi connectivity index (χ3n) is 3.91. The molecule has 1 aromatic carbocycles. The fourth-order valence-electron chi connectivity index (χ4n) is 2.54. The number of nitro groups is 1. The molecule has 3 rings (SSSR count). The van der Waals surface area contributed by atoms with E-state index in [9.17, 15) is 14.9 Å². The third kappa shape index (κ3) is 4.21. The number of aromatic nitrogens is 2. The van der Waals surface area contributed by atoms with E-state index < -0.39 is 4.92 Å². The van der Waals surface area contributed by atoms with Gasteiger partial charge < -0.3 is 14.6 Å². The number of nitrogens with zero attached hydrogens (tertiary/aromatic N) is 3. The van der Waals surface area contributed by atoms with Crippen LogP contribution in [-0.4, -0.2) is 47.8 Å². The van der Waals surface area contributed by atoms with Gasteiger partial charge in [-0.3, -0.25) is 14.9 Å². The second-order valence-corrected chi connectivity index (χ2v) is 6.29. The smallest absolute Gasteiger partial charge is 0.271 e. The molecule has 27 heavy (non-hydrogen) atoms. The van der Waals surface area contributed by atoms with Crippen molar-refractivity contribution in [3.05, 3.63) is 64.5 Å². The molecule has 0 bridgehead atoms. The zero-order chi connectivity index (χ0) is 19.4. The monoisotopic (exact) mass is 370 g/mol. The summed E-state index contributed by atoms with van der Waals surface area (Å²) in [7, 11) is 3.99. The Kier molecular flexibility index (Phi) is 5.32. The Morgan fingerprint density at radius 1 is 1.30 bits per heavy atom. The molecule has 2 N–H and O–H groups in total. The summed E-state index contributed by atoms with van der Waals surface area (Å²) in [5.41, 5.74) is 1.08. The molecular formula is C18H20N5O4+. The van der Waals surface area contributed by atoms with E-state index in [4.69, 9.17) is 4.42 Å². The Bertz CT molecular complexity index is 947. The quantitative estimate of drug-likeness (QED) is 0.475. The lowest BCUT2D eigenvalue weighted by Crippen LogP contribution is -3.06. The number of amides is 1. The lowest BCUT2D eigenvalue weighted by molar-refractivity contribution is -0.856. The minimum atomic E-state index is -0.486. The first-order chi connectivity index (χ1) is 13.0. The Balaban J connectivity index is 1.99. The van der Waals surface area contributed by atoms with Crippen LogP contribution in [0.3, 0.4) is 0 Å². The van der Waals surface area contributed by atoms with Gasteiger partial charge in [-0.25, -0.2) is 4.68 Å². The summed E-state index contributed by atoms with van der Waals surface area (Å²) in [4.78, 5) is 24.5. The number of nitro benzene ring substituents is 1. The number of non-ortho nitro benzene ring substituents is 1. The van der Waals surface area contributed by atoms with E-state index in [1.165, 1.54) is 28.0 Å². The summed E-state index contributed by atoms with van der Waals surface area (Å²) in [5.74, 6) is 0.194. The summed E-state index contributed by atoms with van der Waals surface area (Å²) in [6.07, 6.45) is 1.52. The molecule has 0 spiro atoms. The number of furan rings is 1. The van der Waals surface area contributed by atoms with Crippen molar-refractivity contribution < 1.29 is 19.0 Å². The summed E-state index contributed by atoms with van der Waals surface area (Å²) in [6, 6.07) is 11.0. The molecule has 9 nitrogen and oxygen atoms in total. The standard InChI is InChI=1S/C18H19N5O4/c1-21(2)9-8-19-18(24)16-12-15(17-7-4-10-27-17)20-22(16)13-5-3-6-14(11-13)23(25)26/h3-7,10-12H,8-9H2,1-2H3,(H,19,24)/p+1. The number of quaternary nitrogens is 1. The lowest BCUT2D eigenvalue weighted by atomic mass is 10.2. The number of hydrogen-bond donors (Lipinski definition) is 2. The van der Waals surface area contributed by atoms with Crippen LogP contribution < -0.4 is 10.2 Å². The molecule has 0 unspecified atom stereocenters. The molecule has 0 fully saturated rings. The maximum atomic E-state index is 12.7. The van der Waals surface area contributed by atoms with Crippen molar-refractivity contribution in [1.29, 1.82) is 0 Å². The maximum Gasteiger partial charge on any atom is 0.271 e. The van der Waals surface area contributed by atoms with Gasteiger partial charge in [-0.15, -0.1) is 0 Å². The van der Waals surface area contributed by atoms with Gasteiger partial charge >= 0.3 is 0 Å². The van der Waals surface area contributed by atoms with Crippen LogP contribution in [0.5, 0.6) is 0 Å². The molecule has 0 aliphatic rings. The van der Waals surface area contributed by atoms with Crippen molar-refractivity contribution in [1.82, 2.24) is 15.1 Å². The third-order valence-corrected chi connectivity index (χ3v) is 3.91. The predicted octanol–water partition coefficient (Wildman–Crippen LogP) is 0.915. The highest BCUT2D eigenvalue weighted by Crippen LogP contribution is 2.24. The van der Waals surface area contributed by atoms with E-state index in [1.54, 1.807) is 30.3 Å². The largest absolute Gasteiger partial charge is 0.463 e. The van der Waals surface area contributed by atoms with E-state index in [0.717, 1.165) is 6.54 Å². The minimum Gasteiger partial charge on any atom is -0.463 e. The van der Waals surface area contributed by atoms with E-state index in [-0.39, 0.29) is 17.3 Å². The molecule has 2 heterocycles. The highest BCUT2D eigenvalue weighted by Gasteiger charge is 2.20. The van der Waals surface area contributed by atoms with Crippen molar-refractivity contribution in [2.45, 2.75) is 0 Å². The molecule has 1 amide bonds. The van der Waals surface area contributed by atoms with Gasteiger partial charge in [0.25, 0.3) is 11.6 Å². The van der Waals surface area contributed by atoms with E-state index in [0.29, 0.717) is 23.7 Å². The second kappa shape index (κ2) is 7.83. The van der Waals surface area contributed by atoms with Gasteiger partial charge in [-0.1, -0.05) is 6.07 Å². The summed E-state index contributed by atoms with van der Waals surface area (Å²) < 4.78 is 6.75. The molecule has 0 saturated heterocycles. The average molecular weight is 370 g/mol. The highest BCUT2D eigenvalue weighted by atomic mass is 16.6. The number of carbonyl (C=O) groups excluding carboxylic acids is 1. The SMILES string of the molecule is C[NH+](C)CCNC(=O)c1cc(-c2ccco2)nn1-c1cccc([N+](=O)[O-])c1. The predicted molar refractivity (Wildman–Crippen MR) is 97.9 cm³/mol. The number of hydrogen-bond acceptors (Lipinski definition) is 5. The second-order valence-electron chi connectivity index (χ2n) is 6.29. The van der Waals surface area contributed by atoms with Crippen molar-refractivity contribution >= 4 is 11.6 Å². The number of rotatable bonds is 7. The van der Waals surface area contributed by atoms with Crippen molar-refractivity contribution in [3.63, 3.8) is 0 Å². The molecule has 9 heteroatoms. The highest BCUT2D eigenvalue weighted by molar-refractivity contribution is 5.94. The van der Waals surface area contributed by atoms with Crippen LogP contribution in [0.4, 0.5) is 5.69 Å². The first kappa shape index (κ1) is 18.3. The Hall–Kier alpha value is -3.46. The van der Waals surface area contributed by atoms with Crippen LogP contribution in [0.15, 0.2) is 53.1 Å². The fraction of sp³-hybridized carbons (Fsp3) is 0.222. The van der Waals surface area contributed by atoms with E-state index in [2.05, 4.69) is 10.4 Å². The molecule has 0 atom stereocenters. The van der Waals surface area contributed by atoms with Gasteiger partial charge in [0, 0.05) is 18.2 Å². The number of nitrogens with one attached hydrogen (secondary N) is 2. The molecule has 0 saturated carbocycles. The molecular weight excluding hydrogens is 350 g/mol. The fourth-order valence-corrected chi connectivity index (χ4v) is 2.54. The average Bonchev–Trinajstić information content (AvgIpc) is 3.31. The molecule has 3 aromatic rings. The first-order valence-corrected chi connectivity index (χ1v) is 8.41. The van der Waals surface area contributed by atoms with Crippen LogP contribution in [0, 0.1) is 10.1 Å². The molecule has 0 aliphatic carbocycles. The summed E-state index contributed by atoms with van der Waals surface area (Å²) in [6.45, 7) is 1.26. The summed E-state index contributed by atoms with van der Waals surface area (Å²) in [5, 5.41) is 18.4. The maximum absolute atomic E-state index is 12.7. The molecule has 0 aliphatic heterocycles. The van der Waals surface area contributed by atoms with Crippen LogP contribution in [0.2, 0.25) is 0 Å². The van der Waals surface area contributed by atoms with Crippen LogP contribution in [0.25, 0.3) is 17.1 Å². The van der Waals surface area contributed by atoms with Gasteiger partial charge in [0.15, 0.2) is 5.76 Å². The van der Waals surface area contributed by atoms with Gasteiger partial charge in [0.05, 0.1) is 44.1 Å². The molecule has 140 valence electrons. The number of likely N-dealkylation sites (N-methyl/N-ethyl adjacent to an activating group) is 1. The molecule has 2 aromatic heterocycles. The topological polar surface area (TPSA) is 108 Å². The number of benzene rings is 1. The first-order valence-electron chi connectivity index (χ1n) is 8.41. The van der Waals surface area contributed by atoms with Crippen LogP contribution in [-0.2, 0) is 0 Å². The van der Waals surface area contributed by atoms with Crippen LogP contribution in [0.1, 0.15) is 10.5 Å². The van der Waals surface area contributed by atoms with E-state index >= 15 is 0 Å². The Morgan fingerprint density at radius 2 is 2.11 bits per heavy atom. The zero-order valence-electron chi connectivity index (χ0n) is 15.0. The van der Waals surface area contributed by atoms with Gasteiger partial charge in [0.2, 0.25) is 0 Å². The van der Waals surface area contributed by atoms with Crippen molar-refractivity contribution in [3.8, 4) is 17.1 Å².